The van der Waals surface area contributed by atoms with Crippen molar-refractivity contribution < 1.29 is 9.47 Å². The number of para-hydroxylation sites is 1. The molecule has 0 amide bonds. The van der Waals surface area contributed by atoms with Crippen LogP contribution in [0.4, 0.5) is 11.4 Å². The third kappa shape index (κ3) is 2.91. The summed E-state index contributed by atoms with van der Waals surface area (Å²) in [5.41, 5.74) is 8.27. The lowest BCUT2D eigenvalue weighted by molar-refractivity contribution is 0.410. The molecule has 2 aromatic rings. The van der Waals surface area contributed by atoms with Gasteiger partial charge in [-0.25, -0.2) is 0 Å². The summed E-state index contributed by atoms with van der Waals surface area (Å²) in [5, 5.41) is 3.90. The lowest BCUT2D eigenvalue weighted by Gasteiger charge is -2.14. The van der Waals surface area contributed by atoms with Gasteiger partial charge in [0.25, 0.3) is 0 Å². The Hall–Kier alpha value is -2.07. The minimum absolute atomic E-state index is 0.514. The average molecular weight is 293 g/mol. The molecule has 106 valence electrons. The number of nitrogens with one attached hydrogen (secondary N) is 1. The van der Waals surface area contributed by atoms with Gasteiger partial charge in [0.15, 0.2) is 0 Å². The molecular formula is C15H17ClN2O2. The van der Waals surface area contributed by atoms with Crippen molar-refractivity contribution in [3.05, 3.63) is 47.0 Å². The number of nitrogen functional groups attached to an aromatic ring is 1. The van der Waals surface area contributed by atoms with Crippen LogP contribution in [-0.2, 0) is 6.54 Å². The molecule has 0 radical (unpaired) electrons. The van der Waals surface area contributed by atoms with Crippen LogP contribution in [0.25, 0.3) is 0 Å². The van der Waals surface area contributed by atoms with Gasteiger partial charge in [0.05, 0.1) is 25.6 Å². The SMILES string of the molecule is COc1cccc(NCc2c(Cl)cccc2OC)c1N. The molecule has 0 spiro atoms. The number of hydrogen-bond donors (Lipinski definition) is 2. The third-order valence-corrected chi connectivity index (χ3v) is 3.39. The number of hydrogen-bond acceptors (Lipinski definition) is 4. The maximum Gasteiger partial charge on any atom is 0.143 e. The van der Waals surface area contributed by atoms with Crippen LogP contribution in [0, 0.1) is 0 Å². The first-order valence-corrected chi connectivity index (χ1v) is 6.53. The van der Waals surface area contributed by atoms with Crippen LogP contribution in [0.3, 0.4) is 0 Å². The molecule has 0 unspecified atom stereocenters. The van der Waals surface area contributed by atoms with Gasteiger partial charge >= 0.3 is 0 Å². The fraction of sp³-hybridized carbons (Fsp3) is 0.200. The Morgan fingerprint density at radius 3 is 2.40 bits per heavy atom. The summed E-state index contributed by atoms with van der Waals surface area (Å²) in [6, 6.07) is 11.1. The Balaban J connectivity index is 2.21. The van der Waals surface area contributed by atoms with Gasteiger partial charge in [0.1, 0.15) is 11.5 Å². The Bertz CT molecular complexity index is 602. The molecule has 0 aliphatic carbocycles. The normalized spacial score (nSPS) is 10.2. The molecule has 0 aromatic heterocycles. The Kier molecular flexibility index (Phi) is 4.58. The standard InChI is InChI=1S/C15H17ClN2O2/c1-19-13-7-3-5-11(16)10(13)9-18-12-6-4-8-14(20-2)15(12)17/h3-8,18H,9,17H2,1-2H3. The largest absolute Gasteiger partial charge is 0.496 e. The first-order chi connectivity index (χ1) is 9.67. The predicted octanol–water partition coefficient (Wildman–Crippen LogP) is 3.55. The zero-order chi connectivity index (χ0) is 14.5. The molecule has 0 bridgehead atoms. The lowest BCUT2D eigenvalue weighted by atomic mass is 10.2. The van der Waals surface area contributed by atoms with Gasteiger partial charge in [-0.05, 0) is 24.3 Å². The molecule has 20 heavy (non-hydrogen) atoms. The fourth-order valence-corrected chi connectivity index (χ4v) is 2.19. The van der Waals surface area contributed by atoms with Gasteiger partial charge in [0.2, 0.25) is 0 Å². The van der Waals surface area contributed by atoms with Crippen LogP contribution < -0.4 is 20.5 Å². The summed E-state index contributed by atoms with van der Waals surface area (Å²) in [6.45, 7) is 0.514. The number of nitrogens with two attached hydrogens (primary N) is 1. The highest BCUT2D eigenvalue weighted by Crippen LogP contribution is 2.31. The molecule has 0 saturated carbocycles. The topological polar surface area (TPSA) is 56.5 Å². The van der Waals surface area contributed by atoms with Crippen LogP contribution in [0.15, 0.2) is 36.4 Å². The maximum atomic E-state index is 6.20. The number of ether oxygens (including phenoxy) is 2. The number of anilines is 2. The molecule has 0 aliphatic rings. The Labute approximate surface area is 123 Å². The second-order valence-corrected chi connectivity index (χ2v) is 4.60. The molecule has 3 N–H and O–H groups in total. The number of methoxy groups -OCH3 is 2. The molecule has 0 heterocycles. The van der Waals surface area contributed by atoms with Gasteiger partial charge in [-0.15, -0.1) is 0 Å². The monoisotopic (exact) mass is 292 g/mol. The molecule has 0 fully saturated rings. The molecule has 2 aromatic carbocycles. The number of rotatable bonds is 5. The zero-order valence-electron chi connectivity index (χ0n) is 11.4. The molecule has 4 nitrogen and oxygen atoms in total. The van der Waals surface area contributed by atoms with Gasteiger partial charge in [0, 0.05) is 17.1 Å². The van der Waals surface area contributed by atoms with Gasteiger partial charge < -0.3 is 20.5 Å². The summed E-state index contributed by atoms with van der Waals surface area (Å²) in [7, 11) is 3.21. The lowest BCUT2D eigenvalue weighted by Crippen LogP contribution is -2.05. The van der Waals surface area contributed by atoms with Crippen molar-refractivity contribution in [1.29, 1.82) is 0 Å². The van der Waals surface area contributed by atoms with Crippen molar-refractivity contribution in [1.82, 2.24) is 0 Å². The Morgan fingerprint density at radius 1 is 1.05 bits per heavy atom. The summed E-state index contributed by atoms with van der Waals surface area (Å²) < 4.78 is 10.5. The maximum absolute atomic E-state index is 6.20. The van der Waals surface area contributed by atoms with Gasteiger partial charge in [-0.3, -0.25) is 0 Å². The fourth-order valence-electron chi connectivity index (χ4n) is 1.96. The number of halogens is 1. The average Bonchev–Trinajstić information content (AvgIpc) is 2.47. The second kappa shape index (κ2) is 6.39. The summed E-state index contributed by atoms with van der Waals surface area (Å²) in [4.78, 5) is 0. The molecular weight excluding hydrogens is 276 g/mol. The van der Waals surface area contributed by atoms with E-state index in [2.05, 4.69) is 5.32 Å². The Morgan fingerprint density at radius 2 is 1.70 bits per heavy atom. The van der Waals surface area contributed by atoms with Crippen LogP contribution >= 0.6 is 11.6 Å². The van der Waals surface area contributed by atoms with Crippen molar-refractivity contribution in [3.63, 3.8) is 0 Å². The summed E-state index contributed by atoms with van der Waals surface area (Å²) in [5.74, 6) is 1.38. The van der Waals surface area contributed by atoms with Gasteiger partial charge in [-0.1, -0.05) is 23.7 Å². The second-order valence-electron chi connectivity index (χ2n) is 4.20. The van der Waals surface area contributed by atoms with E-state index in [1.807, 2.05) is 36.4 Å². The van der Waals surface area contributed by atoms with E-state index in [-0.39, 0.29) is 0 Å². The summed E-state index contributed by atoms with van der Waals surface area (Å²) >= 11 is 6.20. The number of benzene rings is 2. The van der Waals surface area contributed by atoms with E-state index in [9.17, 15) is 0 Å². The van der Waals surface area contributed by atoms with E-state index >= 15 is 0 Å². The van der Waals surface area contributed by atoms with E-state index in [1.165, 1.54) is 0 Å². The molecule has 0 aliphatic heterocycles. The first-order valence-electron chi connectivity index (χ1n) is 6.15. The van der Waals surface area contributed by atoms with E-state index < -0.39 is 0 Å². The highest BCUT2D eigenvalue weighted by atomic mass is 35.5. The molecule has 2 rings (SSSR count). The van der Waals surface area contributed by atoms with Crippen LogP contribution in [0.1, 0.15) is 5.56 Å². The summed E-state index contributed by atoms with van der Waals surface area (Å²) in [6.07, 6.45) is 0. The van der Waals surface area contributed by atoms with Crippen LogP contribution in [0.5, 0.6) is 11.5 Å². The van der Waals surface area contributed by atoms with Crippen molar-refractivity contribution in [3.8, 4) is 11.5 Å². The minimum atomic E-state index is 0.514. The smallest absolute Gasteiger partial charge is 0.143 e. The highest BCUT2D eigenvalue weighted by molar-refractivity contribution is 6.31. The van der Waals surface area contributed by atoms with Crippen molar-refractivity contribution >= 4 is 23.0 Å². The van der Waals surface area contributed by atoms with Crippen molar-refractivity contribution in [2.24, 2.45) is 0 Å². The van der Waals surface area contributed by atoms with Crippen molar-refractivity contribution in [2.75, 3.05) is 25.3 Å². The minimum Gasteiger partial charge on any atom is -0.496 e. The third-order valence-electron chi connectivity index (χ3n) is 3.04. The predicted molar refractivity (Wildman–Crippen MR) is 82.7 cm³/mol. The van der Waals surface area contributed by atoms with Crippen LogP contribution in [0.2, 0.25) is 5.02 Å². The van der Waals surface area contributed by atoms with Gasteiger partial charge in [-0.2, -0.15) is 0 Å². The van der Waals surface area contributed by atoms with E-state index in [0.29, 0.717) is 23.0 Å². The van der Waals surface area contributed by atoms with E-state index in [0.717, 1.165) is 17.0 Å². The molecule has 0 saturated heterocycles. The van der Waals surface area contributed by atoms with Crippen LogP contribution in [-0.4, -0.2) is 14.2 Å². The quantitative estimate of drug-likeness (QED) is 0.828. The highest BCUT2D eigenvalue weighted by Gasteiger charge is 2.09. The van der Waals surface area contributed by atoms with E-state index in [1.54, 1.807) is 14.2 Å². The van der Waals surface area contributed by atoms with Crippen molar-refractivity contribution in [2.45, 2.75) is 6.54 Å². The van der Waals surface area contributed by atoms with E-state index in [4.69, 9.17) is 26.8 Å². The first kappa shape index (κ1) is 14.3. The molecule has 5 heteroatoms. The zero-order valence-corrected chi connectivity index (χ0v) is 12.2. The molecule has 0 atom stereocenters.